The molecule has 226 valence electrons. The number of aromatic amines is 1. The number of rotatable bonds is 8. The number of H-pyrrole nitrogens is 1. The van der Waals surface area contributed by atoms with E-state index >= 15 is 0 Å². The second-order valence-corrected chi connectivity index (χ2v) is 11.0. The topological polar surface area (TPSA) is 148 Å². The van der Waals surface area contributed by atoms with Crippen LogP contribution < -0.4 is 20.4 Å². The van der Waals surface area contributed by atoms with E-state index in [4.69, 9.17) is 32.8 Å². The summed E-state index contributed by atoms with van der Waals surface area (Å²) in [5, 5.41) is 4.02. The highest BCUT2D eigenvalue weighted by molar-refractivity contribution is 6.06. The highest BCUT2D eigenvalue weighted by Gasteiger charge is 2.59. The molecule has 0 radical (unpaired) electrons. The van der Waals surface area contributed by atoms with Gasteiger partial charge in [0.05, 0.1) is 12.2 Å². The van der Waals surface area contributed by atoms with Gasteiger partial charge in [0.25, 0.3) is 5.91 Å². The first-order valence-corrected chi connectivity index (χ1v) is 14.0. The number of aryl methyl sites for hydroxylation is 1. The summed E-state index contributed by atoms with van der Waals surface area (Å²) in [6, 6.07) is 12.4. The van der Waals surface area contributed by atoms with Crippen LogP contribution in [-0.2, 0) is 18.9 Å². The van der Waals surface area contributed by atoms with Crippen LogP contribution in [0.3, 0.4) is 0 Å². The summed E-state index contributed by atoms with van der Waals surface area (Å²) in [4.78, 5) is 41.2. The van der Waals surface area contributed by atoms with Gasteiger partial charge < -0.3 is 43.1 Å². The van der Waals surface area contributed by atoms with Crippen molar-refractivity contribution < 1.29 is 42.4 Å². The maximum atomic E-state index is 13.0. The Morgan fingerprint density at radius 3 is 2.58 bits per heavy atom. The second kappa shape index (κ2) is 10.9. The Kier molecular flexibility index (Phi) is 7.26. The standard InChI is InChI=1S/C31H32N2O10/c1-6-11-38-21-14-17-13-20(33-27(34)19-12-16-9-7-8-10-18(16)32-19)28(35)39-22(17)15(2)23(21)40-29-25-24(41-30(36)42-25)26(37-5)31(3,4)43-29/h7-10,12-14,24-26,29,32H,6,11H2,1-5H3,(H,33,34)/t24-,25+,26+,29+/m0/s1. The van der Waals surface area contributed by atoms with E-state index in [-0.39, 0.29) is 17.0 Å². The van der Waals surface area contributed by atoms with E-state index < -0.39 is 47.9 Å². The first-order valence-electron chi connectivity index (χ1n) is 14.0. The van der Waals surface area contributed by atoms with Crippen molar-refractivity contribution in [3.8, 4) is 11.5 Å². The van der Waals surface area contributed by atoms with Crippen LogP contribution in [0.5, 0.6) is 11.5 Å². The lowest BCUT2D eigenvalue weighted by Gasteiger charge is -2.45. The zero-order valence-corrected chi connectivity index (χ0v) is 24.3. The van der Waals surface area contributed by atoms with E-state index in [0.29, 0.717) is 35.4 Å². The quantitative estimate of drug-likeness (QED) is 0.210. The number of fused-ring (bicyclic) bond motifs is 3. The minimum atomic E-state index is -1.08. The summed E-state index contributed by atoms with van der Waals surface area (Å²) < 4.78 is 40.7. The third kappa shape index (κ3) is 5.17. The third-order valence-electron chi connectivity index (χ3n) is 7.60. The number of amides is 1. The Balaban J connectivity index is 1.35. The van der Waals surface area contributed by atoms with Crippen LogP contribution in [0.25, 0.3) is 21.9 Å². The number of ether oxygens (including phenoxy) is 6. The van der Waals surface area contributed by atoms with Crippen LogP contribution in [0.2, 0.25) is 0 Å². The van der Waals surface area contributed by atoms with Crippen molar-refractivity contribution in [2.45, 2.75) is 64.3 Å². The van der Waals surface area contributed by atoms with Gasteiger partial charge >= 0.3 is 11.8 Å². The molecule has 2 aromatic heterocycles. The van der Waals surface area contributed by atoms with E-state index in [1.165, 1.54) is 13.2 Å². The van der Waals surface area contributed by atoms with Crippen molar-refractivity contribution in [1.29, 1.82) is 0 Å². The Bertz CT molecular complexity index is 1740. The van der Waals surface area contributed by atoms with Gasteiger partial charge in [-0.1, -0.05) is 25.1 Å². The molecule has 2 aliphatic heterocycles. The Morgan fingerprint density at radius 1 is 1.07 bits per heavy atom. The lowest BCUT2D eigenvalue weighted by Crippen LogP contribution is -2.62. The lowest BCUT2D eigenvalue weighted by molar-refractivity contribution is -0.283. The largest absolute Gasteiger partial charge is 0.509 e. The fourth-order valence-electron chi connectivity index (χ4n) is 5.60. The van der Waals surface area contributed by atoms with Crippen LogP contribution >= 0.6 is 0 Å². The van der Waals surface area contributed by atoms with Crippen molar-refractivity contribution in [3.05, 3.63) is 64.1 Å². The highest BCUT2D eigenvalue weighted by Crippen LogP contribution is 2.43. The summed E-state index contributed by atoms with van der Waals surface area (Å²) in [6.45, 7) is 7.64. The van der Waals surface area contributed by atoms with Crippen molar-refractivity contribution >= 4 is 39.6 Å². The number of hydrogen-bond donors (Lipinski definition) is 2. The SMILES string of the molecule is CCCOc1cc2cc(NC(=O)c3cc4ccccc4[nH]3)c(=O)oc2c(C)c1O[C@@H]1OC(C)(C)[C@H](OC)[C@H]2OC(=O)O[C@@H]12. The van der Waals surface area contributed by atoms with Gasteiger partial charge in [-0.25, -0.2) is 9.59 Å². The molecule has 1 amide bonds. The molecule has 0 aliphatic carbocycles. The molecule has 2 aromatic carbocycles. The van der Waals surface area contributed by atoms with Crippen LogP contribution in [0.15, 0.2) is 51.7 Å². The molecule has 2 N–H and O–H groups in total. The number of benzene rings is 2. The molecule has 0 spiro atoms. The average molecular weight is 593 g/mol. The normalized spacial score (nSPS) is 22.6. The van der Waals surface area contributed by atoms with Gasteiger partial charge in [0.15, 0.2) is 17.6 Å². The fourth-order valence-corrected chi connectivity index (χ4v) is 5.60. The zero-order valence-electron chi connectivity index (χ0n) is 24.3. The highest BCUT2D eigenvalue weighted by atomic mass is 16.8. The molecule has 4 atom stereocenters. The molecule has 0 bridgehead atoms. The monoisotopic (exact) mass is 592 g/mol. The average Bonchev–Trinajstić information content (AvgIpc) is 3.58. The second-order valence-electron chi connectivity index (χ2n) is 11.0. The summed E-state index contributed by atoms with van der Waals surface area (Å²) in [6.07, 6.45) is -3.52. The molecule has 2 fully saturated rings. The number of hydrogen-bond acceptors (Lipinski definition) is 10. The van der Waals surface area contributed by atoms with E-state index in [0.717, 1.165) is 10.9 Å². The lowest BCUT2D eigenvalue weighted by atomic mass is 9.89. The predicted octanol–water partition coefficient (Wildman–Crippen LogP) is 5.06. The van der Waals surface area contributed by atoms with Gasteiger partial charge in [-0.2, -0.15) is 0 Å². The Hall–Kier alpha value is -4.55. The van der Waals surface area contributed by atoms with Crippen LogP contribution in [0, 0.1) is 6.92 Å². The predicted molar refractivity (Wildman–Crippen MR) is 155 cm³/mol. The third-order valence-corrected chi connectivity index (χ3v) is 7.60. The van der Waals surface area contributed by atoms with Gasteiger partial charge in [-0.15, -0.1) is 0 Å². The van der Waals surface area contributed by atoms with Crippen molar-refractivity contribution in [1.82, 2.24) is 4.98 Å². The number of carbonyl (C=O) groups excluding carboxylic acids is 2. The minimum absolute atomic E-state index is 0.0357. The van der Waals surface area contributed by atoms with Gasteiger partial charge in [-0.3, -0.25) is 4.79 Å². The Morgan fingerprint density at radius 2 is 1.84 bits per heavy atom. The van der Waals surface area contributed by atoms with Crippen LogP contribution in [0.4, 0.5) is 10.5 Å². The van der Waals surface area contributed by atoms with Crippen LogP contribution in [-0.4, -0.2) is 61.0 Å². The summed E-state index contributed by atoms with van der Waals surface area (Å²) in [7, 11) is 1.50. The fraction of sp³-hybridized carbons (Fsp3) is 0.387. The number of anilines is 1. The van der Waals surface area contributed by atoms with Gasteiger partial charge in [0.2, 0.25) is 12.4 Å². The molecule has 12 nitrogen and oxygen atoms in total. The number of aromatic nitrogens is 1. The molecule has 12 heteroatoms. The molecule has 0 saturated carbocycles. The van der Waals surface area contributed by atoms with Gasteiger partial charge in [0.1, 0.15) is 23.1 Å². The number of carbonyl (C=O) groups is 2. The van der Waals surface area contributed by atoms with Gasteiger partial charge in [-0.05, 0) is 51.5 Å². The van der Waals surface area contributed by atoms with E-state index in [2.05, 4.69) is 10.3 Å². The van der Waals surface area contributed by atoms with E-state index in [9.17, 15) is 14.4 Å². The molecule has 2 aliphatic rings. The molecule has 6 rings (SSSR count). The van der Waals surface area contributed by atoms with E-state index in [1.807, 2.05) is 31.2 Å². The summed E-state index contributed by atoms with van der Waals surface area (Å²) in [5.41, 5.74) is 0.0886. The molecule has 2 saturated heterocycles. The zero-order chi connectivity index (χ0) is 30.5. The maximum Gasteiger partial charge on any atom is 0.509 e. The van der Waals surface area contributed by atoms with Crippen molar-refractivity contribution in [2.75, 3.05) is 19.0 Å². The van der Waals surface area contributed by atoms with E-state index in [1.54, 1.807) is 32.9 Å². The Labute approximate surface area is 246 Å². The minimum Gasteiger partial charge on any atom is -0.490 e. The molecule has 43 heavy (non-hydrogen) atoms. The maximum absolute atomic E-state index is 13.0. The van der Waals surface area contributed by atoms with Gasteiger partial charge in [0, 0.05) is 29.0 Å². The summed E-state index contributed by atoms with van der Waals surface area (Å²) >= 11 is 0. The molecular weight excluding hydrogens is 560 g/mol. The molecular formula is C31H32N2O10. The first kappa shape index (κ1) is 28.6. The first-order chi connectivity index (χ1) is 20.6. The number of nitrogens with one attached hydrogen (secondary N) is 2. The van der Waals surface area contributed by atoms with Crippen LogP contribution in [0.1, 0.15) is 43.2 Å². The summed E-state index contributed by atoms with van der Waals surface area (Å²) in [5.74, 6) is 0.110. The van der Waals surface area contributed by atoms with Crippen molar-refractivity contribution in [2.24, 2.45) is 0 Å². The molecule has 4 aromatic rings. The molecule has 0 unspecified atom stereocenters. The smallest absolute Gasteiger partial charge is 0.490 e. The number of methoxy groups -OCH3 is 1. The van der Waals surface area contributed by atoms with Crippen molar-refractivity contribution in [3.63, 3.8) is 0 Å². The molecule has 4 heterocycles. The number of para-hydroxylation sites is 1.